The van der Waals surface area contributed by atoms with Gasteiger partial charge in [0.25, 0.3) is 0 Å². The van der Waals surface area contributed by atoms with Crippen LogP contribution in [0.15, 0.2) is 54.6 Å². The van der Waals surface area contributed by atoms with E-state index in [0.717, 1.165) is 16.7 Å². The maximum atomic E-state index is 12.2. The number of hydrogen-bond donors (Lipinski definition) is 2. The predicted molar refractivity (Wildman–Crippen MR) is 85.4 cm³/mol. The van der Waals surface area contributed by atoms with E-state index >= 15 is 0 Å². The number of carbonyl (C=O) groups is 2. The first-order valence-electron chi connectivity index (χ1n) is 7.49. The summed E-state index contributed by atoms with van der Waals surface area (Å²) >= 11 is 0. The summed E-state index contributed by atoms with van der Waals surface area (Å²) in [7, 11) is 0. The predicted octanol–water partition coefficient (Wildman–Crippen LogP) is 2.24. The molecule has 1 atom stereocenters. The van der Waals surface area contributed by atoms with Crippen molar-refractivity contribution in [2.45, 2.75) is 25.0 Å². The molecule has 118 valence electrons. The molecule has 0 fully saturated rings. The summed E-state index contributed by atoms with van der Waals surface area (Å²) in [6.07, 6.45) is 0.490. The number of nitrogens with two attached hydrogens (primary N) is 1. The van der Waals surface area contributed by atoms with Crippen molar-refractivity contribution in [1.29, 1.82) is 0 Å². The highest BCUT2D eigenvalue weighted by Crippen LogP contribution is 2.36. The Labute approximate surface area is 134 Å². The van der Waals surface area contributed by atoms with E-state index in [4.69, 9.17) is 10.5 Å². The number of benzene rings is 2. The van der Waals surface area contributed by atoms with Crippen LogP contribution in [0, 0.1) is 0 Å². The number of hydrogen-bond acceptors (Lipinski definition) is 3. The van der Waals surface area contributed by atoms with Crippen LogP contribution in [0.3, 0.4) is 0 Å². The van der Waals surface area contributed by atoms with Gasteiger partial charge in [-0.2, -0.15) is 0 Å². The van der Waals surface area contributed by atoms with Gasteiger partial charge in [0.1, 0.15) is 12.1 Å². The summed E-state index contributed by atoms with van der Waals surface area (Å²) < 4.78 is 5.22. The van der Waals surface area contributed by atoms with Gasteiger partial charge >= 0.3 is 6.09 Å². The Bertz CT molecular complexity index is 730. The van der Waals surface area contributed by atoms with Crippen LogP contribution in [-0.4, -0.2) is 12.0 Å². The number of carbonyl (C=O) groups excluding carboxylic acids is 2. The van der Waals surface area contributed by atoms with Crippen molar-refractivity contribution in [2.24, 2.45) is 5.73 Å². The highest BCUT2D eigenvalue weighted by molar-refractivity contribution is 5.91. The second-order valence-corrected chi connectivity index (χ2v) is 5.61. The molecular weight excluding hydrogens is 292 g/mol. The Morgan fingerprint density at radius 2 is 1.78 bits per heavy atom. The van der Waals surface area contributed by atoms with Crippen LogP contribution in [0.1, 0.15) is 23.1 Å². The lowest BCUT2D eigenvalue weighted by Crippen LogP contribution is -2.53. The molecular formula is C18H18N2O3. The van der Waals surface area contributed by atoms with E-state index in [1.807, 2.05) is 54.6 Å². The zero-order valence-electron chi connectivity index (χ0n) is 12.6. The summed E-state index contributed by atoms with van der Waals surface area (Å²) in [5.41, 5.74) is 7.06. The summed E-state index contributed by atoms with van der Waals surface area (Å²) in [5.74, 6) is -0.570. The van der Waals surface area contributed by atoms with Gasteiger partial charge in [-0.25, -0.2) is 4.79 Å². The van der Waals surface area contributed by atoms with Gasteiger partial charge in [-0.3, -0.25) is 4.79 Å². The fourth-order valence-corrected chi connectivity index (χ4v) is 2.99. The molecule has 1 unspecified atom stereocenters. The molecule has 2 aromatic carbocycles. The third-order valence-electron chi connectivity index (χ3n) is 4.20. The Morgan fingerprint density at radius 3 is 2.52 bits per heavy atom. The molecule has 2 aromatic rings. The van der Waals surface area contributed by atoms with Crippen molar-refractivity contribution in [3.8, 4) is 0 Å². The summed E-state index contributed by atoms with van der Waals surface area (Å²) in [4.78, 5) is 24.2. The van der Waals surface area contributed by atoms with E-state index in [9.17, 15) is 9.59 Å². The third kappa shape index (κ3) is 2.90. The number of rotatable bonds is 4. The van der Waals surface area contributed by atoms with Crippen molar-refractivity contribution >= 4 is 12.0 Å². The largest absolute Gasteiger partial charge is 0.445 e. The van der Waals surface area contributed by atoms with Gasteiger partial charge in [-0.15, -0.1) is 0 Å². The standard InChI is InChI=1S/C18H18N2O3/c19-16(21)18(11-10-14-8-4-5-9-15(14)18)20-17(22)23-12-13-6-2-1-3-7-13/h1-9H,10-12H2,(H2,19,21)(H,20,22). The second-order valence-electron chi connectivity index (χ2n) is 5.61. The lowest BCUT2D eigenvalue weighted by molar-refractivity contribution is -0.124. The lowest BCUT2D eigenvalue weighted by Gasteiger charge is -2.27. The highest BCUT2D eigenvalue weighted by atomic mass is 16.5. The molecule has 3 N–H and O–H groups in total. The molecule has 1 aliphatic carbocycles. The molecule has 3 rings (SSSR count). The molecule has 1 aliphatic rings. The van der Waals surface area contributed by atoms with Gasteiger partial charge in [0.15, 0.2) is 0 Å². The van der Waals surface area contributed by atoms with Crippen molar-refractivity contribution < 1.29 is 14.3 Å². The number of fused-ring (bicyclic) bond motifs is 1. The minimum Gasteiger partial charge on any atom is -0.445 e. The first-order valence-corrected chi connectivity index (χ1v) is 7.49. The van der Waals surface area contributed by atoms with E-state index in [0.29, 0.717) is 12.8 Å². The monoisotopic (exact) mass is 310 g/mol. The molecule has 5 heteroatoms. The fraction of sp³-hybridized carbons (Fsp3) is 0.222. The van der Waals surface area contributed by atoms with Gasteiger partial charge in [-0.1, -0.05) is 54.6 Å². The van der Waals surface area contributed by atoms with Gasteiger partial charge < -0.3 is 15.8 Å². The Hall–Kier alpha value is -2.82. The quantitative estimate of drug-likeness (QED) is 0.908. The van der Waals surface area contributed by atoms with E-state index in [1.54, 1.807) is 0 Å². The van der Waals surface area contributed by atoms with E-state index in [-0.39, 0.29) is 6.61 Å². The average molecular weight is 310 g/mol. The minimum atomic E-state index is -1.19. The average Bonchev–Trinajstić information content (AvgIpc) is 2.94. The molecule has 23 heavy (non-hydrogen) atoms. The molecule has 5 nitrogen and oxygen atoms in total. The summed E-state index contributed by atoms with van der Waals surface area (Å²) in [6, 6.07) is 16.9. The topological polar surface area (TPSA) is 81.4 Å². The number of ether oxygens (including phenoxy) is 1. The Balaban J connectivity index is 1.74. The van der Waals surface area contributed by atoms with Crippen LogP contribution in [0.4, 0.5) is 4.79 Å². The smallest absolute Gasteiger partial charge is 0.408 e. The molecule has 0 spiro atoms. The van der Waals surface area contributed by atoms with Crippen LogP contribution in [0.25, 0.3) is 0 Å². The molecule has 0 saturated carbocycles. The fourth-order valence-electron chi connectivity index (χ4n) is 2.99. The van der Waals surface area contributed by atoms with Crippen molar-refractivity contribution in [1.82, 2.24) is 5.32 Å². The lowest BCUT2D eigenvalue weighted by atomic mass is 9.91. The number of primary amides is 1. The number of amides is 2. The van der Waals surface area contributed by atoms with E-state index in [2.05, 4.69) is 5.32 Å². The normalized spacial score (nSPS) is 19.0. The van der Waals surface area contributed by atoms with Gasteiger partial charge in [0, 0.05) is 0 Å². The van der Waals surface area contributed by atoms with Crippen LogP contribution in [0.5, 0.6) is 0 Å². The van der Waals surface area contributed by atoms with Gasteiger partial charge in [0.05, 0.1) is 0 Å². The number of nitrogens with one attached hydrogen (secondary N) is 1. The molecule has 0 bridgehead atoms. The SMILES string of the molecule is NC(=O)C1(NC(=O)OCc2ccccc2)CCc2ccccc21. The molecule has 0 radical (unpaired) electrons. The molecule has 0 aliphatic heterocycles. The maximum Gasteiger partial charge on any atom is 0.408 e. The van der Waals surface area contributed by atoms with Crippen LogP contribution in [0.2, 0.25) is 0 Å². The summed E-state index contributed by atoms with van der Waals surface area (Å²) in [6.45, 7) is 0.142. The van der Waals surface area contributed by atoms with Gasteiger partial charge in [0.2, 0.25) is 5.91 Å². The van der Waals surface area contributed by atoms with E-state index in [1.165, 1.54) is 0 Å². The number of aryl methyl sites for hydroxylation is 1. The minimum absolute atomic E-state index is 0.142. The van der Waals surface area contributed by atoms with Gasteiger partial charge in [-0.05, 0) is 29.5 Å². The molecule has 0 heterocycles. The molecule has 2 amide bonds. The van der Waals surface area contributed by atoms with Crippen LogP contribution >= 0.6 is 0 Å². The van der Waals surface area contributed by atoms with Crippen LogP contribution in [-0.2, 0) is 28.1 Å². The summed E-state index contributed by atoms with van der Waals surface area (Å²) in [5, 5.41) is 2.68. The van der Waals surface area contributed by atoms with E-state index < -0.39 is 17.5 Å². The number of alkyl carbamates (subject to hydrolysis) is 1. The van der Waals surface area contributed by atoms with Crippen molar-refractivity contribution in [2.75, 3.05) is 0 Å². The zero-order valence-corrected chi connectivity index (χ0v) is 12.6. The second kappa shape index (κ2) is 6.12. The Morgan fingerprint density at radius 1 is 1.09 bits per heavy atom. The van der Waals surface area contributed by atoms with Crippen molar-refractivity contribution in [3.05, 3.63) is 71.3 Å². The first-order chi connectivity index (χ1) is 11.1. The third-order valence-corrected chi connectivity index (χ3v) is 4.20. The zero-order chi connectivity index (χ0) is 16.3. The Kier molecular flexibility index (Phi) is 4.02. The van der Waals surface area contributed by atoms with Crippen molar-refractivity contribution in [3.63, 3.8) is 0 Å². The molecule has 0 saturated heterocycles. The first kappa shape index (κ1) is 15.1. The van der Waals surface area contributed by atoms with Crippen LogP contribution < -0.4 is 11.1 Å². The molecule has 0 aromatic heterocycles. The maximum absolute atomic E-state index is 12.2. The highest BCUT2D eigenvalue weighted by Gasteiger charge is 2.45.